The zero-order chi connectivity index (χ0) is 11.0. The van der Waals surface area contributed by atoms with Gasteiger partial charge in [-0.1, -0.05) is 6.42 Å². The maximum absolute atomic E-state index is 11.2. The van der Waals surface area contributed by atoms with E-state index >= 15 is 0 Å². The normalized spacial score (nSPS) is 12.3. The molecule has 0 unspecified atom stereocenters. The van der Waals surface area contributed by atoms with Gasteiger partial charge >= 0.3 is 7.12 Å². The van der Waals surface area contributed by atoms with Crippen molar-refractivity contribution >= 4 is 13.0 Å². The number of hydrogen-bond acceptors (Lipinski definition) is 5. The van der Waals surface area contributed by atoms with Gasteiger partial charge in [-0.05, 0) is 19.4 Å². The molecule has 1 atom stereocenters. The maximum Gasteiger partial charge on any atom is 0.472 e. The number of carbonyl (C=O) groups is 1. The lowest BCUT2D eigenvalue weighted by molar-refractivity contribution is -0.122. The highest BCUT2D eigenvalue weighted by molar-refractivity contribution is 6.41. The molecule has 0 saturated carbocycles. The molecule has 0 saturated heterocycles. The Bertz CT molecular complexity index is 168. The first kappa shape index (κ1) is 13.4. The Morgan fingerprint density at radius 2 is 2.07 bits per heavy atom. The molecule has 0 radical (unpaired) electrons. The molecule has 0 spiro atoms. The largest absolute Gasteiger partial charge is 0.472 e. The second-order valence-electron chi connectivity index (χ2n) is 3.12. The van der Waals surface area contributed by atoms with Gasteiger partial charge in [0.15, 0.2) is 0 Å². The summed E-state index contributed by atoms with van der Waals surface area (Å²) in [5, 5.41) is 19.3. The Labute approximate surface area is 83.8 Å². The quantitative estimate of drug-likeness (QED) is 0.232. The number of hydrogen-bond donors (Lipinski definition) is 5. The molecule has 0 aromatic rings. The smallest absolute Gasteiger partial charge is 0.426 e. The number of amides is 1. The van der Waals surface area contributed by atoms with Gasteiger partial charge in [-0.25, -0.2) is 0 Å². The average Bonchev–Trinajstić information content (AvgIpc) is 2.14. The molecule has 0 rings (SSSR count). The van der Waals surface area contributed by atoms with Gasteiger partial charge in [0.05, 0.1) is 12.5 Å². The van der Waals surface area contributed by atoms with Crippen molar-refractivity contribution in [3.05, 3.63) is 0 Å². The number of unbranched alkanes of at least 4 members (excludes halogenated alkanes) is 1. The summed E-state index contributed by atoms with van der Waals surface area (Å²) in [5.41, 5.74) is 10.8. The first-order valence-electron chi connectivity index (χ1n) is 4.67. The van der Waals surface area contributed by atoms with E-state index in [-0.39, 0.29) is 12.4 Å². The summed E-state index contributed by atoms with van der Waals surface area (Å²) in [6, 6.07) is -0.597. The van der Waals surface area contributed by atoms with Crippen LogP contribution in [0.4, 0.5) is 0 Å². The van der Waals surface area contributed by atoms with Crippen LogP contribution < -0.4 is 16.8 Å². The van der Waals surface area contributed by atoms with E-state index in [1.54, 1.807) is 0 Å². The van der Waals surface area contributed by atoms with E-state index in [4.69, 9.17) is 21.5 Å². The van der Waals surface area contributed by atoms with Gasteiger partial charge in [0.1, 0.15) is 0 Å². The van der Waals surface area contributed by atoms with E-state index in [1.165, 1.54) is 0 Å². The molecule has 14 heavy (non-hydrogen) atoms. The maximum atomic E-state index is 11.2. The van der Waals surface area contributed by atoms with Crippen LogP contribution in [0.25, 0.3) is 0 Å². The Balaban J connectivity index is 3.54. The molecule has 7 N–H and O–H groups in total. The Morgan fingerprint density at radius 1 is 1.43 bits per heavy atom. The molecular weight excluding hydrogens is 185 g/mol. The predicted molar refractivity (Wildman–Crippen MR) is 54.1 cm³/mol. The fraction of sp³-hybridized carbons (Fsp3) is 0.857. The summed E-state index contributed by atoms with van der Waals surface area (Å²) in [4.78, 5) is 11.2. The van der Waals surface area contributed by atoms with E-state index in [0.717, 1.165) is 12.8 Å². The first-order valence-corrected chi connectivity index (χ1v) is 4.67. The topological polar surface area (TPSA) is 122 Å². The van der Waals surface area contributed by atoms with Crippen LogP contribution in [0.5, 0.6) is 0 Å². The van der Waals surface area contributed by atoms with Crippen LogP contribution in [0.1, 0.15) is 19.3 Å². The van der Waals surface area contributed by atoms with Crippen LogP contribution in [-0.2, 0) is 4.79 Å². The lowest BCUT2D eigenvalue weighted by Crippen LogP contribution is -2.44. The van der Waals surface area contributed by atoms with Crippen LogP contribution >= 0.6 is 0 Å². The van der Waals surface area contributed by atoms with Crippen molar-refractivity contribution in [2.75, 3.05) is 13.0 Å². The fourth-order valence-electron chi connectivity index (χ4n) is 0.963. The van der Waals surface area contributed by atoms with E-state index in [9.17, 15) is 4.79 Å². The third-order valence-electron chi connectivity index (χ3n) is 1.76. The van der Waals surface area contributed by atoms with Crippen molar-refractivity contribution in [1.29, 1.82) is 0 Å². The molecule has 0 aromatic carbocycles. The summed E-state index contributed by atoms with van der Waals surface area (Å²) in [5.74, 6) is -0.366. The van der Waals surface area contributed by atoms with Gasteiger partial charge in [-0.3, -0.25) is 4.79 Å². The SMILES string of the molecule is NCCCC[C@H](N)C(=O)NCB(O)O. The molecular formula is C7H18BN3O3. The molecule has 1 amide bonds. The number of rotatable bonds is 7. The number of carbonyl (C=O) groups excluding carboxylic acids is 1. The Kier molecular flexibility index (Phi) is 7.40. The zero-order valence-corrected chi connectivity index (χ0v) is 8.15. The average molecular weight is 203 g/mol. The lowest BCUT2D eigenvalue weighted by atomic mass is 9.92. The molecule has 0 heterocycles. The highest BCUT2D eigenvalue weighted by Crippen LogP contribution is 1.97. The minimum absolute atomic E-state index is 0.191. The predicted octanol–water partition coefficient (Wildman–Crippen LogP) is -2.43. The summed E-state index contributed by atoms with van der Waals surface area (Å²) in [7, 11) is -1.53. The third-order valence-corrected chi connectivity index (χ3v) is 1.76. The van der Waals surface area contributed by atoms with Crippen molar-refractivity contribution < 1.29 is 14.8 Å². The van der Waals surface area contributed by atoms with E-state index < -0.39 is 13.2 Å². The first-order chi connectivity index (χ1) is 6.57. The van der Waals surface area contributed by atoms with Gasteiger partial charge in [0.2, 0.25) is 5.91 Å². The Hall–Kier alpha value is -0.625. The molecule has 0 fully saturated rings. The van der Waals surface area contributed by atoms with Crippen molar-refractivity contribution in [2.24, 2.45) is 11.5 Å². The molecule has 82 valence electrons. The van der Waals surface area contributed by atoms with Crippen LogP contribution in [0.2, 0.25) is 0 Å². The molecule has 0 aromatic heterocycles. The molecule has 0 bridgehead atoms. The summed E-state index contributed by atoms with van der Waals surface area (Å²) >= 11 is 0. The van der Waals surface area contributed by atoms with Gasteiger partial charge < -0.3 is 26.8 Å². The lowest BCUT2D eigenvalue weighted by Gasteiger charge is -2.11. The summed E-state index contributed by atoms with van der Waals surface area (Å²) in [6.07, 6.45) is 2.00. The van der Waals surface area contributed by atoms with Crippen molar-refractivity contribution in [1.82, 2.24) is 5.32 Å². The van der Waals surface area contributed by atoms with Gasteiger partial charge in [0, 0.05) is 0 Å². The summed E-state index contributed by atoms with van der Waals surface area (Å²) < 4.78 is 0. The minimum Gasteiger partial charge on any atom is -0.426 e. The monoisotopic (exact) mass is 203 g/mol. The molecule has 6 nitrogen and oxygen atoms in total. The number of nitrogens with two attached hydrogens (primary N) is 2. The highest BCUT2D eigenvalue weighted by atomic mass is 16.4. The van der Waals surface area contributed by atoms with Crippen LogP contribution in [0.3, 0.4) is 0 Å². The second kappa shape index (κ2) is 7.75. The van der Waals surface area contributed by atoms with E-state index in [2.05, 4.69) is 5.32 Å². The van der Waals surface area contributed by atoms with Gasteiger partial charge in [-0.2, -0.15) is 0 Å². The summed E-state index contributed by atoms with van der Waals surface area (Å²) in [6.45, 7) is 0.587. The van der Waals surface area contributed by atoms with Crippen molar-refractivity contribution in [2.45, 2.75) is 25.3 Å². The van der Waals surface area contributed by atoms with Crippen LogP contribution in [0, 0.1) is 0 Å². The standard InChI is InChI=1S/C7H18BN3O3/c9-4-2-1-3-6(10)7(12)11-5-8(13)14/h6,13-14H,1-5,9-10H2,(H,11,12)/t6-/m0/s1. The zero-order valence-electron chi connectivity index (χ0n) is 8.15. The highest BCUT2D eigenvalue weighted by Gasteiger charge is 2.15. The Morgan fingerprint density at radius 3 is 2.57 bits per heavy atom. The van der Waals surface area contributed by atoms with Crippen LogP contribution in [-0.4, -0.2) is 42.1 Å². The van der Waals surface area contributed by atoms with E-state index in [1.807, 2.05) is 0 Å². The minimum atomic E-state index is -1.53. The molecule has 0 aliphatic rings. The van der Waals surface area contributed by atoms with Gasteiger partial charge in [0.25, 0.3) is 0 Å². The van der Waals surface area contributed by atoms with Crippen LogP contribution in [0.15, 0.2) is 0 Å². The third kappa shape index (κ3) is 6.84. The van der Waals surface area contributed by atoms with Gasteiger partial charge in [-0.15, -0.1) is 0 Å². The molecule has 0 aliphatic carbocycles. The number of nitrogens with one attached hydrogen (secondary N) is 1. The second-order valence-corrected chi connectivity index (χ2v) is 3.12. The molecule has 7 heteroatoms. The molecule has 0 aliphatic heterocycles. The van der Waals surface area contributed by atoms with Crippen molar-refractivity contribution in [3.63, 3.8) is 0 Å². The van der Waals surface area contributed by atoms with E-state index in [0.29, 0.717) is 13.0 Å². The fourth-order valence-corrected chi connectivity index (χ4v) is 0.963. The van der Waals surface area contributed by atoms with Crippen molar-refractivity contribution in [3.8, 4) is 0 Å².